The van der Waals surface area contributed by atoms with E-state index in [1.54, 1.807) is 0 Å². The summed E-state index contributed by atoms with van der Waals surface area (Å²) in [6.45, 7) is 3.65. The van der Waals surface area contributed by atoms with Crippen LogP contribution in [0.3, 0.4) is 0 Å². The quantitative estimate of drug-likeness (QED) is 0.812. The standard InChI is InChI=1S/C14H18N2O2/c1-11(14(18)12-6-3-2-4-7-12)16-9-5-8-15-13(17)10-16/h2-4,6-7,11H,5,8-10H2,1H3,(H,15,17). The number of nitrogens with one attached hydrogen (secondary N) is 1. The van der Waals surface area contributed by atoms with Crippen molar-refractivity contribution in [3.05, 3.63) is 35.9 Å². The molecule has 1 aromatic rings. The summed E-state index contributed by atoms with van der Waals surface area (Å²) in [5, 5.41) is 2.82. The molecular weight excluding hydrogens is 228 g/mol. The maximum Gasteiger partial charge on any atom is 0.234 e. The minimum atomic E-state index is -0.253. The molecule has 1 unspecified atom stereocenters. The van der Waals surface area contributed by atoms with Crippen LogP contribution >= 0.6 is 0 Å². The summed E-state index contributed by atoms with van der Waals surface area (Å²) in [4.78, 5) is 25.7. The Labute approximate surface area is 107 Å². The van der Waals surface area contributed by atoms with Crippen LogP contribution in [0.4, 0.5) is 0 Å². The Bertz CT molecular complexity index is 431. The van der Waals surface area contributed by atoms with Gasteiger partial charge in [0.05, 0.1) is 12.6 Å². The van der Waals surface area contributed by atoms with E-state index in [-0.39, 0.29) is 17.7 Å². The Morgan fingerprint density at radius 2 is 2.06 bits per heavy atom. The fraction of sp³-hybridized carbons (Fsp3) is 0.429. The molecule has 0 bridgehead atoms. The average molecular weight is 246 g/mol. The third-order valence-corrected chi connectivity index (χ3v) is 3.28. The van der Waals surface area contributed by atoms with Gasteiger partial charge in [0.15, 0.2) is 5.78 Å². The van der Waals surface area contributed by atoms with Crippen LogP contribution in [-0.4, -0.2) is 42.3 Å². The highest BCUT2D eigenvalue weighted by Gasteiger charge is 2.25. The van der Waals surface area contributed by atoms with E-state index in [0.717, 1.165) is 13.0 Å². The second kappa shape index (κ2) is 5.78. The number of nitrogens with zero attached hydrogens (tertiary/aromatic N) is 1. The first-order chi connectivity index (χ1) is 8.68. The normalized spacial score (nSPS) is 18.8. The van der Waals surface area contributed by atoms with E-state index in [9.17, 15) is 9.59 Å². The van der Waals surface area contributed by atoms with Crippen molar-refractivity contribution in [1.82, 2.24) is 10.2 Å². The second-order valence-corrected chi connectivity index (χ2v) is 4.58. The minimum absolute atomic E-state index is 0.000196. The lowest BCUT2D eigenvalue weighted by Gasteiger charge is -2.25. The van der Waals surface area contributed by atoms with Crippen LogP contribution in [0.2, 0.25) is 0 Å². The largest absolute Gasteiger partial charge is 0.355 e. The van der Waals surface area contributed by atoms with Crippen LogP contribution in [0.25, 0.3) is 0 Å². The zero-order valence-electron chi connectivity index (χ0n) is 10.6. The molecule has 0 radical (unpaired) electrons. The van der Waals surface area contributed by atoms with Gasteiger partial charge in [0.1, 0.15) is 0 Å². The van der Waals surface area contributed by atoms with Crippen LogP contribution in [0.5, 0.6) is 0 Å². The molecule has 1 amide bonds. The number of ketones is 1. The Hall–Kier alpha value is -1.68. The number of amides is 1. The predicted molar refractivity (Wildman–Crippen MR) is 69.4 cm³/mol. The van der Waals surface area contributed by atoms with E-state index in [1.807, 2.05) is 42.2 Å². The molecule has 1 aliphatic heterocycles. The summed E-state index contributed by atoms with van der Waals surface area (Å²) in [6.07, 6.45) is 0.887. The number of benzene rings is 1. The van der Waals surface area contributed by atoms with Crippen LogP contribution < -0.4 is 5.32 Å². The average Bonchev–Trinajstić information content (AvgIpc) is 2.63. The van der Waals surface area contributed by atoms with E-state index in [2.05, 4.69) is 5.32 Å². The van der Waals surface area contributed by atoms with Gasteiger partial charge in [-0.3, -0.25) is 14.5 Å². The van der Waals surface area contributed by atoms with Gasteiger partial charge in [0.25, 0.3) is 0 Å². The summed E-state index contributed by atoms with van der Waals surface area (Å²) < 4.78 is 0. The van der Waals surface area contributed by atoms with E-state index in [0.29, 0.717) is 18.7 Å². The molecule has 4 heteroatoms. The summed E-state index contributed by atoms with van der Waals surface area (Å²) >= 11 is 0. The molecule has 0 aliphatic carbocycles. The molecular formula is C14H18N2O2. The molecule has 1 aliphatic rings. The Kier molecular flexibility index (Phi) is 4.10. The monoisotopic (exact) mass is 246 g/mol. The lowest BCUT2D eigenvalue weighted by molar-refractivity contribution is -0.121. The van der Waals surface area contributed by atoms with Gasteiger partial charge in [0, 0.05) is 18.7 Å². The zero-order chi connectivity index (χ0) is 13.0. The lowest BCUT2D eigenvalue weighted by Crippen LogP contribution is -2.42. The third-order valence-electron chi connectivity index (χ3n) is 3.28. The first kappa shape index (κ1) is 12.8. The fourth-order valence-electron chi connectivity index (χ4n) is 2.17. The second-order valence-electron chi connectivity index (χ2n) is 4.58. The van der Waals surface area contributed by atoms with Gasteiger partial charge in [-0.25, -0.2) is 0 Å². The highest BCUT2D eigenvalue weighted by atomic mass is 16.2. The minimum Gasteiger partial charge on any atom is -0.355 e. The van der Waals surface area contributed by atoms with Gasteiger partial charge in [-0.05, 0) is 13.3 Å². The first-order valence-corrected chi connectivity index (χ1v) is 6.28. The van der Waals surface area contributed by atoms with E-state index < -0.39 is 0 Å². The predicted octanol–water partition coefficient (Wildman–Crippen LogP) is 1.08. The number of carbonyl (C=O) groups excluding carboxylic acids is 2. The molecule has 1 fully saturated rings. The molecule has 1 aromatic carbocycles. The van der Waals surface area contributed by atoms with Crippen LogP contribution in [0.15, 0.2) is 30.3 Å². The summed E-state index contributed by atoms with van der Waals surface area (Å²) in [7, 11) is 0. The van der Waals surface area contributed by atoms with Gasteiger partial charge in [-0.2, -0.15) is 0 Å². The Morgan fingerprint density at radius 3 is 2.78 bits per heavy atom. The van der Waals surface area contributed by atoms with Gasteiger partial charge < -0.3 is 5.32 Å². The number of hydrogen-bond donors (Lipinski definition) is 1. The SMILES string of the molecule is CC(C(=O)c1ccccc1)N1CCCNC(=O)C1. The highest BCUT2D eigenvalue weighted by molar-refractivity contribution is 6.00. The van der Waals surface area contributed by atoms with Crippen molar-refractivity contribution in [1.29, 1.82) is 0 Å². The topological polar surface area (TPSA) is 49.4 Å². The first-order valence-electron chi connectivity index (χ1n) is 6.28. The van der Waals surface area contributed by atoms with Crippen molar-refractivity contribution < 1.29 is 9.59 Å². The molecule has 1 heterocycles. The zero-order valence-corrected chi connectivity index (χ0v) is 10.6. The van der Waals surface area contributed by atoms with Gasteiger partial charge in [-0.1, -0.05) is 30.3 Å². The number of hydrogen-bond acceptors (Lipinski definition) is 3. The van der Waals surface area contributed by atoms with Crippen molar-refractivity contribution in [3.8, 4) is 0 Å². The van der Waals surface area contributed by atoms with E-state index in [4.69, 9.17) is 0 Å². The molecule has 4 nitrogen and oxygen atoms in total. The van der Waals surface area contributed by atoms with E-state index in [1.165, 1.54) is 0 Å². The summed E-state index contributed by atoms with van der Waals surface area (Å²) in [6, 6.07) is 8.98. The number of carbonyl (C=O) groups is 2. The van der Waals surface area contributed by atoms with Crippen molar-refractivity contribution in [2.24, 2.45) is 0 Å². The maximum absolute atomic E-state index is 12.3. The van der Waals surface area contributed by atoms with Gasteiger partial charge in [0.2, 0.25) is 5.91 Å². The van der Waals surface area contributed by atoms with Crippen molar-refractivity contribution in [3.63, 3.8) is 0 Å². The number of rotatable bonds is 3. The fourth-order valence-corrected chi connectivity index (χ4v) is 2.17. The van der Waals surface area contributed by atoms with Crippen molar-refractivity contribution in [2.45, 2.75) is 19.4 Å². The molecule has 1 saturated heterocycles. The van der Waals surface area contributed by atoms with Gasteiger partial charge in [-0.15, -0.1) is 0 Å². The third kappa shape index (κ3) is 2.96. The molecule has 1 atom stereocenters. The highest BCUT2D eigenvalue weighted by Crippen LogP contribution is 2.10. The van der Waals surface area contributed by atoms with E-state index >= 15 is 0 Å². The molecule has 1 N–H and O–H groups in total. The molecule has 96 valence electrons. The molecule has 0 aromatic heterocycles. The Morgan fingerprint density at radius 1 is 1.33 bits per heavy atom. The smallest absolute Gasteiger partial charge is 0.234 e. The lowest BCUT2D eigenvalue weighted by atomic mass is 10.0. The van der Waals surface area contributed by atoms with Crippen molar-refractivity contribution >= 4 is 11.7 Å². The van der Waals surface area contributed by atoms with Crippen LogP contribution in [0.1, 0.15) is 23.7 Å². The van der Waals surface area contributed by atoms with Crippen molar-refractivity contribution in [2.75, 3.05) is 19.6 Å². The van der Waals surface area contributed by atoms with Crippen LogP contribution in [-0.2, 0) is 4.79 Å². The maximum atomic E-state index is 12.3. The number of Topliss-reactive ketones (excluding diaryl/α,β-unsaturated/α-hetero) is 1. The molecule has 18 heavy (non-hydrogen) atoms. The summed E-state index contributed by atoms with van der Waals surface area (Å²) in [5.41, 5.74) is 0.703. The Balaban J connectivity index is 2.08. The van der Waals surface area contributed by atoms with Crippen LogP contribution in [0, 0.1) is 0 Å². The molecule has 2 rings (SSSR count). The molecule has 0 spiro atoms. The molecule has 0 saturated carbocycles. The summed E-state index contributed by atoms with van der Waals surface area (Å²) in [5.74, 6) is 0.0745. The van der Waals surface area contributed by atoms with Gasteiger partial charge >= 0.3 is 0 Å².